The molecule has 0 spiro atoms. The van der Waals surface area contributed by atoms with Gasteiger partial charge < -0.3 is 5.32 Å². The molecule has 2 aliphatic carbocycles. The van der Waals surface area contributed by atoms with Crippen LogP contribution >= 0.6 is 11.6 Å². The van der Waals surface area contributed by atoms with E-state index in [2.05, 4.69) is 21.2 Å². The number of alkyl halides is 2. The van der Waals surface area contributed by atoms with E-state index in [4.69, 9.17) is 18.0 Å². The van der Waals surface area contributed by atoms with Crippen LogP contribution in [0.1, 0.15) is 66.4 Å². The van der Waals surface area contributed by atoms with Crippen LogP contribution in [0.25, 0.3) is 0 Å². The SMILES string of the molecule is C#Cc1cc(Cl)cc2c1CC(Nc1ncc(C(C)=O)c(CC)n1)C2.CC1CC(F)(F)C1. The summed E-state index contributed by atoms with van der Waals surface area (Å²) < 4.78 is 23.6. The molecule has 0 aliphatic heterocycles. The summed E-state index contributed by atoms with van der Waals surface area (Å²) in [5.74, 6) is 1.19. The van der Waals surface area contributed by atoms with E-state index in [0.29, 0.717) is 23.0 Å². The number of rotatable bonds is 4. The standard InChI is InChI=1S/C19H18ClN3O.C5H8F2/c1-4-12-6-14(20)7-13-8-15(9-16(12)13)22-19-21-10-17(11(3)24)18(5-2)23-19;1-4-2-5(6,7)3-4/h1,6-7,10,15H,5,8-9H2,2-3H3,(H,21,22,23);4H,2-3H2,1H3. The van der Waals surface area contributed by atoms with Gasteiger partial charge in [-0.05, 0) is 55.4 Å². The number of terminal acetylenes is 1. The van der Waals surface area contributed by atoms with Crippen molar-refractivity contribution in [3.63, 3.8) is 0 Å². The van der Waals surface area contributed by atoms with Crippen molar-refractivity contribution >= 4 is 23.3 Å². The van der Waals surface area contributed by atoms with Crippen molar-refractivity contribution in [1.29, 1.82) is 0 Å². The second-order valence-electron chi connectivity index (χ2n) is 8.32. The second-order valence-corrected chi connectivity index (χ2v) is 8.75. The van der Waals surface area contributed by atoms with Gasteiger partial charge in [0.15, 0.2) is 5.78 Å². The minimum absolute atomic E-state index is 0.0139. The van der Waals surface area contributed by atoms with E-state index in [-0.39, 0.29) is 30.6 Å². The lowest BCUT2D eigenvalue weighted by Gasteiger charge is -2.31. The largest absolute Gasteiger partial charge is 0.351 e. The molecule has 1 atom stereocenters. The summed E-state index contributed by atoms with van der Waals surface area (Å²) in [4.78, 5) is 20.4. The molecule has 0 radical (unpaired) electrons. The fourth-order valence-corrected chi connectivity index (χ4v) is 4.36. The van der Waals surface area contributed by atoms with Crippen molar-refractivity contribution < 1.29 is 13.6 Å². The highest BCUT2D eigenvalue weighted by Gasteiger charge is 2.42. The van der Waals surface area contributed by atoms with Gasteiger partial charge >= 0.3 is 0 Å². The Balaban J connectivity index is 0.000000330. The summed E-state index contributed by atoms with van der Waals surface area (Å²) in [5.41, 5.74) is 4.53. The summed E-state index contributed by atoms with van der Waals surface area (Å²) in [7, 11) is 0. The van der Waals surface area contributed by atoms with E-state index < -0.39 is 5.92 Å². The molecule has 1 unspecified atom stereocenters. The highest BCUT2D eigenvalue weighted by atomic mass is 35.5. The summed E-state index contributed by atoms with van der Waals surface area (Å²) in [6.45, 7) is 5.35. The van der Waals surface area contributed by atoms with E-state index in [0.717, 1.165) is 29.7 Å². The zero-order chi connectivity index (χ0) is 22.8. The third-order valence-corrected chi connectivity index (χ3v) is 5.81. The van der Waals surface area contributed by atoms with Crippen molar-refractivity contribution in [3.05, 3.63) is 51.3 Å². The molecule has 1 aromatic carbocycles. The van der Waals surface area contributed by atoms with E-state index in [1.807, 2.05) is 26.0 Å². The summed E-state index contributed by atoms with van der Waals surface area (Å²) >= 11 is 6.13. The molecule has 1 heterocycles. The molecule has 0 saturated heterocycles. The van der Waals surface area contributed by atoms with E-state index >= 15 is 0 Å². The lowest BCUT2D eigenvalue weighted by Crippen LogP contribution is -2.33. The molecule has 0 amide bonds. The van der Waals surface area contributed by atoms with Crippen LogP contribution < -0.4 is 5.32 Å². The number of aromatic nitrogens is 2. The van der Waals surface area contributed by atoms with Gasteiger partial charge in [0, 0.05) is 35.7 Å². The van der Waals surface area contributed by atoms with Gasteiger partial charge in [-0.15, -0.1) is 6.42 Å². The molecular weight excluding hydrogens is 420 g/mol. The number of nitrogens with one attached hydrogen (secondary N) is 1. The number of carbonyl (C=O) groups is 1. The molecule has 4 nitrogen and oxygen atoms in total. The van der Waals surface area contributed by atoms with Crippen LogP contribution in [0, 0.1) is 18.3 Å². The number of fused-ring (bicyclic) bond motifs is 1. The van der Waals surface area contributed by atoms with Crippen LogP contribution in [0.2, 0.25) is 5.02 Å². The molecule has 2 aromatic rings. The van der Waals surface area contributed by atoms with Crippen LogP contribution in [0.3, 0.4) is 0 Å². The van der Waals surface area contributed by atoms with Crippen LogP contribution in [0.4, 0.5) is 14.7 Å². The molecule has 1 aromatic heterocycles. The Hall–Kier alpha value is -2.52. The number of benzene rings is 1. The number of carbonyl (C=O) groups excluding carboxylic acids is 1. The Morgan fingerprint density at radius 1 is 1.35 bits per heavy atom. The van der Waals surface area contributed by atoms with Gasteiger partial charge in [-0.3, -0.25) is 4.79 Å². The highest BCUT2D eigenvalue weighted by Crippen LogP contribution is 2.41. The Labute approximate surface area is 186 Å². The van der Waals surface area contributed by atoms with Crippen LogP contribution in [0.5, 0.6) is 0 Å². The summed E-state index contributed by atoms with van der Waals surface area (Å²) in [6.07, 6.45) is 9.72. The summed E-state index contributed by atoms with van der Waals surface area (Å²) in [6, 6.07) is 3.96. The average molecular weight is 446 g/mol. The number of aryl methyl sites for hydroxylation is 1. The van der Waals surface area contributed by atoms with Crippen molar-refractivity contribution in [3.8, 4) is 12.3 Å². The first kappa shape index (κ1) is 23.1. The van der Waals surface area contributed by atoms with Gasteiger partial charge in [-0.25, -0.2) is 18.7 Å². The van der Waals surface area contributed by atoms with Crippen LogP contribution in [-0.2, 0) is 19.3 Å². The van der Waals surface area contributed by atoms with Crippen LogP contribution in [0.15, 0.2) is 18.3 Å². The topological polar surface area (TPSA) is 54.9 Å². The fourth-order valence-electron chi connectivity index (χ4n) is 4.12. The number of hydrogen-bond donors (Lipinski definition) is 1. The normalized spacial score (nSPS) is 18.8. The van der Waals surface area contributed by atoms with Crippen LogP contribution in [-0.4, -0.2) is 27.7 Å². The predicted octanol–water partition coefficient (Wildman–Crippen LogP) is 5.51. The molecule has 0 bridgehead atoms. The van der Waals surface area contributed by atoms with Gasteiger partial charge in [0.25, 0.3) is 0 Å². The number of ketones is 1. The van der Waals surface area contributed by atoms with Crippen molar-refractivity contribution in [2.45, 2.75) is 64.8 Å². The fraction of sp³-hybridized carbons (Fsp3) is 0.458. The Morgan fingerprint density at radius 3 is 2.58 bits per heavy atom. The first-order valence-electron chi connectivity index (χ1n) is 10.4. The molecule has 1 fully saturated rings. The summed E-state index contributed by atoms with van der Waals surface area (Å²) in [5, 5.41) is 4.02. The first-order chi connectivity index (χ1) is 14.6. The number of hydrogen-bond acceptors (Lipinski definition) is 4. The third kappa shape index (κ3) is 5.59. The molecule has 164 valence electrons. The lowest BCUT2D eigenvalue weighted by molar-refractivity contribution is -0.104. The number of Topliss-reactive ketones (excluding diaryl/α,β-unsaturated/α-hetero) is 1. The maximum absolute atomic E-state index is 11.8. The van der Waals surface area contributed by atoms with E-state index in [1.54, 1.807) is 6.20 Å². The number of anilines is 1. The first-order valence-corrected chi connectivity index (χ1v) is 10.8. The lowest BCUT2D eigenvalue weighted by atomic mass is 9.83. The monoisotopic (exact) mass is 445 g/mol. The van der Waals surface area contributed by atoms with E-state index in [9.17, 15) is 13.6 Å². The highest BCUT2D eigenvalue weighted by molar-refractivity contribution is 6.30. The molecule has 4 rings (SSSR count). The molecular formula is C24H26ClF2N3O. The zero-order valence-electron chi connectivity index (χ0n) is 17.9. The van der Waals surface area contributed by atoms with Crippen molar-refractivity contribution in [1.82, 2.24) is 9.97 Å². The average Bonchev–Trinajstić information content (AvgIpc) is 3.08. The quantitative estimate of drug-likeness (QED) is 0.498. The Bertz CT molecular complexity index is 1020. The van der Waals surface area contributed by atoms with Gasteiger partial charge in [0.05, 0.1) is 11.3 Å². The predicted molar refractivity (Wildman–Crippen MR) is 119 cm³/mol. The number of nitrogens with zero attached hydrogens (tertiary/aromatic N) is 2. The van der Waals surface area contributed by atoms with Gasteiger partial charge in [0.1, 0.15) is 0 Å². The Kier molecular flexibility index (Phi) is 6.96. The molecule has 1 saturated carbocycles. The van der Waals surface area contributed by atoms with E-state index in [1.165, 1.54) is 12.5 Å². The number of halogens is 3. The smallest absolute Gasteiger partial charge is 0.248 e. The minimum Gasteiger partial charge on any atom is -0.351 e. The molecule has 7 heteroatoms. The maximum Gasteiger partial charge on any atom is 0.248 e. The molecule has 1 N–H and O–H groups in total. The molecule has 2 aliphatic rings. The van der Waals surface area contributed by atoms with Gasteiger partial charge in [0.2, 0.25) is 11.9 Å². The van der Waals surface area contributed by atoms with Crippen molar-refractivity contribution in [2.24, 2.45) is 5.92 Å². The second kappa shape index (κ2) is 9.32. The van der Waals surface area contributed by atoms with Crippen molar-refractivity contribution in [2.75, 3.05) is 5.32 Å². The minimum atomic E-state index is -2.31. The maximum atomic E-state index is 11.8. The Morgan fingerprint density at radius 2 is 2.06 bits per heavy atom. The third-order valence-electron chi connectivity index (χ3n) is 5.59. The zero-order valence-corrected chi connectivity index (χ0v) is 18.7. The molecule has 31 heavy (non-hydrogen) atoms. The van der Waals surface area contributed by atoms with Gasteiger partial charge in [-0.2, -0.15) is 0 Å². The van der Waals surface area contributed by atoms with Gasteiger partial charge in [-0.1, -0.05) is 31.4 Å².